The van der Waals surface area contributed by atoms with E-state index in [9.17, 15) is 0 Å². The molecule has 0 fully saturated rings. The highest BCUT2D eigenvalue weighted by Crippen LogP contribution is 2.11. The lowest BCUT2D eigenvalue weighted by Crippen LogP contribution is -2.00. The second-order valence-electron chi connectivity index (χ2n) is 2.46. The number of aromatic nitrogens is 1. The Morgan fingerprint density at radius 1 is 1.57 bits per heavy atom. The predicted octanol–water partition coefficient (Wildman–Crippen LogP) is 2.82. The molecule has 1 rings (SSSR count). The van der Waals surface area contributed by atoms with Gasteiger partial charge in [-0.25, -0.2) is 4.98 Å². The van der Waals surface area contributed by atoms with Crippen LogP contribution in [0.15, 0.2) is 28.9 Å². The Labute approximate surface area is 92.7 Å². The third kappa shape index (κ3) is 3.85. The van der Waals surface area contributed by atoms with E-state index in [0.29, 0.717) is 6.54 Å². The maximum atomic E-state index is 5.44. The zero-order valence-electron chi connectivity index (χ0n) is 7.63. The molecule has 0 aromatic carbocycles. The first-order chi connectivity index (χ1) is 6.72. The van der Waals surface area contributed by atoms with Crippen LogP contribution in [0.5, 0.6) is 5.75 Å². The van der Waals surface area contributed by atoms with Crippen molar-refractivity contribution in [3.05, 3.63) is 28.9 Å². The standard InChI is InChI=1S/C9H10Cl2N2O/c1-14-7-2-3-9(13-6-7)12-5-4-8(10)11/h2-4,6H,5H2,1H3,(H,12,13). The van der Waals surface area contributed by atoms with Crippen molar-refractivity contribution < 1.29 is 4.74 Å². The van der Waals surface area contributed by atoms with E-state index >= 15 is 0 Å². The van der Waals surface area contributed by atoms with Gasteiger partial charge in [0.15, 0.2) is 0 Å². The highest BCUT2D eigenvalue weighted by atomic mass is 35.5. The van der Waals surface area contributed by atoms with Crippen LogP contribution in [-0.4, -0.2) is 18.6 Å². The number of halogens is 2. The van der Waals surface area contributed by atoms with Gasteiger partial charge in [0.2, 0.25) is 0 Å². The van der Waals surface area contributed by atoms with Gasteiger partial charge in [-0.3, -0.25) is 0 Å². The van der Waals surface area contributed by atoms with Crippen molar-refractivity contribution in [3.63, 3.8) is 0 Å². The summed E-state index contributed by atoms with van der Waals surface area (Å²) in [4.78, 5) is 4.09. The molecule has 0 atom stereocenters. The lowest BCUT2D eigenvalue weighted by molar-refractivity contribution is 0.413. The third-order valence-corrected chi connectivity index (χ3v) is 1.82. The van der Waals surface area contributed by atoms with Gasteiger partial charge >= 0.3 is 0 Å². The number of hydrogen-bond acceptors (Lipinski definition) is 3. The molecule has 0 aliphatic rings. The fourth-order valence-electron chi connectivity index (χ4n) is 0.838. The van der Waals surface area contributed by atoms with E-state index in [0.717, 1.165) is 11.6 Å². The van der Waals surface area contributed by atoms with Gasteiger partial charge in [-0.05, 0) is 18.2 Å². The second-order valence-corrected chi connectivity index (χ2v) is 3.47. The van der Waals surface area contributed by atoms with Gasteiger partial charge in [-0.15, -0.1) is 0 Å². The summed E-state index contributed by atoms with van der Waals surface area (Å²) < 4.78 is 5.21. The minimum absolute atomic E-state index is 0.242. The first-order valence-corrected chi connectivity index (χ1v) is 4.73. The Balaban J connectivity index is 2.48. The van der Waals surface area contributed by atoms with Crippen molar-refractivity contribution in [2.75, 3.05) is 19.0 Å². The second kappa shape index (κ2) is 5.73. The van der Waals surface area contributed by atoms with Crippen molar-refractivity contribution in [3.8, 4) is 5.75 Å². The Morgan fingerprint density at radius 2 is 2.36 bits per heavy atom. The number of nitrogens with zero attached hydrogens (tertiary/aromatic N) is 1. The van der Waals surface area contributed by atoms with E-state index in [1.54, 1.807) is 19.4 Å². The van der Waals surface area contributed by atoms with Crippen molar-refractivity contribution in [2.45, 2.75) is 0 Å². The molecule has 1 N–H and O–H groups in total. The van der Waals surface area contributed by atoms with Gasteiger partial charge in [-0.2, -0.15) is 0 Å². The maximum absolute atomic E-state index is 5.44. The predicted molar refractivity (Wildman–Crippen MR) is 59.1 cm³/mol. The fourth-order valence-corrected chi connectivity index (χ4v) is 0.993. The summed E-state index contributed by atoms with van der Waals surface area (Å²) in [6.07, 6.45) is 3.28. The van der Waals surface area contributed by atoms with Crippen LogP contribution in [0.25, 0.3) is 0 Å². The summed E-state index contributed by atoms with van der Waals surface area (Å²) >= 11 is 10.9. The Kier molecular flexibility index (Phi) is 4.56. The van der Waals surface area contributed by atoms with Gasteiger partial charge in [0.25, 0.3) is 0 Å². The molecular formula is C9H10Cl2N2O. The topological polar surface area (TPSA) is 34.1 Å². The number of anilines is 1. The number of rotatable bonds is 4. The van der Waals surface area contributed by atoms with E-state index in [-0.39, 0.29) is 4.49 Å². The van der Waals surface area contributed by atoms with Gasteiger partial charge in [-0.1, -0.05) is 23.2 Å². The number of pyridine rings is 1. The van der Waals surface area contributed by atoms with Crippen LogP contribution in [0.1, 0.15) is 0 Å². The molecule has 0 saturated heterocycles. The lowest BCUT2D eigenvalue weighted by Gasteiger charge is -2.03. The molecule has 14 heavy (non-hydrogen) atoms. The average Bonchev–Trinajstić information content (AvgIpc) is 2.18. The minimum Gasteiger partial charge on any atom is -0.495 e. The van der Waals surface area contributed by atoms with Crippen molar-refractivity contribution in [1.29, 1.82) is 0 Å². The van der Waals surface area contributed by atoms with Crippen molar-refractivity contribution in [1.82, 2.24) is 4.98 Å². The number of nitrogens with one attached hydrogen (secondary N) is 1. The zero-order chi connectivity index (χ0) is 10.4. The molecule has 5 heteroatoms. The largest absolute Gasteiger partial charge is 0.495 e. The van der Waals surface area contributed by atoms with Crippen LogP contribution >= 0.6 is 23.2 Å². The van der Waals surface area contributed by atoms with E-state index in [1.165, 1.54) is 0 Å². The highest BCUT2D eigenvalue weighted by Gasteiger charge is 1.93. The summed E-state index contributed by atoms with van der Waals surface area (Å²) in [5, 5.41) is 3.02. The van der Waals surface area contributed by atoms with Gasteiger partial charge in [0.1, 0.15) is 16.1 Å². The van der Waals surface area contributed by atoms with Crippen LogP contribution in [-0.2, 0) is 0 Å². The van der Waals surface area contributed by atoms with Crippen molar-refractivity contribution >= 4 is 29.0 Å². The normalized spacial score (nSPS) is 9.36. The number of hydrogen-bond donors (Lipinski definition) is 1. The average molecular weight is 233 g/mol. The molecule has 1 aromatic heterocycles. The summed E-state index contributed by atoms with van der Waals surface area (Å²) in [6.45, 7) is 0.543. The van der Waals surface area contributed by atoms with Crippen LogP contribution in [0, 0.1) is 0 Å². The Morgan fingerprint density at radius 3 is 2.86 bits per heavy atom. The molecule has 3 nitrogen and oxygen atoms in total. The van der Waals surface area contributed by atoms with Crippen molar-refractivity contribution in [2.24, 2.45) is 0 Å². The molecule has 0 saturated carbocycles. The SMILES string of the molecule is COc1ccc(NCC=C(Cl)Cl)nc1. The summed E-state index contributed by atoms with van der Waals surface area (Å²) in [5.41, 5.74) is 0. The van der Waals surface area contributed by atoms with Crippen LogP contribution in [0.4, 0.5) is 5.82 Å². The van der Waals surface area contributed by atoms with Crippen LogP contribution < -0.4 is 10.1 Å². The van der Waals surface area contributed by atoms with Crippen LogP contribution in [0.3, 0.4) is 0 Å². The quantitative estimate of drug-likeness (QED) is 0.868. The first-order valence-electron chi connectivity index (χ1n) is 3.97. The first kappa shape index (κ1) is 11.1. The monoisotopic (exact) mass is 232 g/mol. The van der Waals surface area contributed by atoms with Gasteiger partial charge < -0.3 is 10.1 Å². The van der Waals surface area contributed by atoms with Gasteiger partial charge in [0, 0.05) is 6.54 Å². The van der Waals surface area contributed by atoms with E-state index in [4.69, 9.17) is 27.9 Å². The molecule has 0 unspecified atom stereocenters. The smallest absolute Gasteiger partial charge is 0.137 e. The Hall–Kier alpha value is -0.930. The highest BCUT2D eigenvalue weighted by molar-refractivity contribution is 6.55. The molecule has 0 aliphatic carbocycles. The molecule has 0 bridgehead atoms. The third-order valence-electron chi connectivity index (χ3n) is 1.51. The molecule has 0 radical (unpaired) electrons. The summed E-state index contributed by atoms with van der Waals surface area (Å²) in [7, 11) is 1.60. The van der Waals surface area contributed by atoms with E-state index < -0.39 is 0 Å². The molecule has 1 heterocycles. The number of methoxy groups -OCH3 is 1. The fraction of sp³-hybridized carbons (Fsp3) is 0.222. The van der Waals surface area contributed by atoms with E-state index in [2.05, 4.69) is 10.3 Å². The minimum atomic E-state index is 0.242. The molecule has 0 amide bonds. The zero-order valence-corrected chi connectivity index (χ0v) is 9.14. The Bertz CT molecular complexity index is 307. The molecule has 0 spiro atoms. The number of ether oxygens (including phenoxy) is 1. The molecule has 1 aromatic rings. The molecule has 76 valence electrons. The maximum Gasteiger partial charge on any atom is 0.137 e. The molecule has 0 aliphatic heterocycles. The van der Waals surface area contributed by atoms with Gasteiger partial charge in [0.05, 0.1) is 13.3 Å². The lowest BCUT2D eigenvalue weighted by atomic mass is 10.4. The van der Waals surface area contributed by atoms with E-state index in [1.807, 2.05) is 12.1 Å². The summed E-state index contributed by atoms with van der Waals surface area (Å²) in [6, 6.07) is 3.64. The molecular weight excluding hydrogens is 223 g/mol. The summed E-state index contributed by atoms with van der Waals surface area (Å²) in [5.74, 6) is 1.47. The van der Waals surface area contributed by atoms with Crippen LogP contribution in [0.2, 0.25) is 0 Å².